The van der Waals surface area contributed by atoms with E-state index in [1.807, 2.05) is 33.6 Å². The molecule has 1 aliphatic carbocycles. The van der Waals surface area contributed by atoms with Crippen molar-refractivity contribution in [1.29, 1.82) is 0 Å². The lowest BCUT2D eigenvalue weighted by atomic mass is 9.96. The van der Waals surface area contributed by atoms with Gasteiger partial charge < -0.3 is 8.97 Å². The Bertz CT molecular complexity index is 901. The molecule has 2 heterocycles. The van der Waals surface area contributed by atoms with Crippen molar-refractivity contribution in [2.45, 2.75) is 44.6 Å². The van der Waals surface area contributed by atoms with Crippen LogP contribution in [-0.2, 0) is 12.0 Å². The van der Waals surface area contributed by atoms with Crippen molar-refractivity contribution in [3.05, 3.63) is 70.5 Å². The monoisotopic (exact) mass is 307 g/mol. The molecule has 0 bridgehead atoms. The van der Waals surface area contributed by atoms with Crippen LogP contribution in [0.2, 0.25) is 0 Å². The molecule has 0 radical (unpaired) electrons. The molecule has 3 aromatic rings. The van der Waals surface area contributed by atoms with Gasteiger partial charge in [0, 0.05) is 30.6 Å². The smallest absolute Gasteiger partial charge is 0.294 e. The third-order valence-electron chi connectivity index (χ3n) is 4.91. The van der Waals surface area contributed by atoms with E-state index in [0.717, 1.165) is 25.1 Å². The molecule has 0 amide bonds. The number of hydrogen-bond donors (Lipinski definition) is 0. The number of hydrogen-bond acceptors (Lipinski definition) is 2. The van der Waals surface area contributed by atoms with Gasteiger partial charge in [0.15, 0.2) is 0 Å². The molecule has 23 heavy (non-hydrogen) atoms. The Balaban J connectivity index is 1.73. The van der Waals surface area contributed by atoms with Gasteiger partial charge in [-0.25, -0.2) is 4.98 Å². The topological polar surface area (TPSA) is 39.3 Å². The van der Waals surface area contributed by atoms with Gasteiger partial charge in [-0.2, -0.15) is 0 Å². The summed E-state index contributed by atoms with van der Waals surface area (Å²) in [4.78, 5) is 17.3. The Hall–Kier alpha value is -2.36. The van der Waals surface area contributed by atoms with Crippen molar-refractivity contribution >= 4 is 5.65 Å². The minimum atomic E-state index is 0.00149. The predicted molar refractivity (Wildman–Crippen MR) is 90.9 cm³/mol. The minimum Gasteiger partial charge on any atom is -0.310 e. The molecule has 4 rings (SSSR count). The Morgan fingerprint density at radius 2 is 1.91 bits per heavy atom. The summed E-state index contributed by atoms with van der Waals surface area (Å²) in [7, 11) is 0. The van der Waals surface area contributed by atoms with E-state index in [9.17, 15) is 4.79 Å². The maximum atomic E-state index is 12.8. The zero-order valence-corrected chi connectivity index (χ0v) is 13.6. The second-order valence-corrected chi connectivity index (χ2v) is 6.93. The average Bonchev–Trinajstić information content (AvgIpc) is 3.20. The maximum absolute atomic E-state index is 12.8. The number of benzene rings is 1. The molecular formula is C19H21N3O. The van der Waals surface area contributed by atoms with Crippen LogP contribution in [0, 0.1) is 0 Å². The fraction of sp³-hybridized carbons (Fsp3) is 0.368. The van der Waals surface area contributed by atoms with Crippen LogP contribution in [0.4, 0.5) is 0 Å². The van der Waals surface area contributed by atoms with E-state index in [-0.39, 0.29) is 11.0 Å². The summed E-state index contributed by atoms with van der Waals surface area (Å²) in [6.45, 7) is 4.92. The van der Waals surface area contributed by atoms with E-state index >= 15 is 0 Å². The molecule has 0 aliphatic heterocycles. The SMILES string of the molecule is CC(C)c1cn2ccn(CC3(c4ccccc4)CC3)c(=O)c2n1. The molecule has 0 N–H and O–H groups in total. The number of aromatic nitrogens is 3. The lowest BCUT2D eigenvalue weighted by Gasteiger charge is -2.17. The lowest BCUT2D eigenvalue weighted by molar-refractivity contribution is 0.533. The third-order valence-corrected chi connectivity index (χ3v) is 4.91. The highest BCUT2D eigenvalue weighted by Gasteiger charge is 2.44. The summed E-state index contributed by atoms with van der Waals surface area (Å²) in [5, 5.41) is 0. The highest BCUT2D eigenvalue weighted by atomic mass is 16.1. The van der Waals surface area contributed by atoms with Crippen molar-refractivity contribution in [2.75, 3.05) is 0 Å². The highest BCUT2D eigenvalue weighted by molar-refractivity contribution is 5.38. The fourth-order valence-electron chi connectivity index (χ4n) is 3.24. The Kier molecular flexibility index (Phi) is 3.15. The van der Waals surface area contributed by atoms with Crippen LogP contribution < -0.4 is 5.56 Å². The molecule has 0 spiro atoms. The van der Waals surface area contributed by atoms with Crippen LogP contribution in [0.15, 0.2) is 53.7 Å². The summed E-state index contributed by atoms with van der Waals surface area (Å²) in [6.07, 6.45) is 8.07. The quantitative estimate of drug-likeness (QED) is 0.741. The van der Waals surface area contributed by atoms with Gasteiger partial charge >= 0.3 is 0 Å². The molecular weight excluding hydrogens is 286 g/mol. The first kappa shape index (κ1) is 14.2. The van der Waals surface area contributed by atoms with E-state index in [2.05, 4.69) is 43.1 Å². The molecule has 0 atom stereocenters. The summed E-state index contributed by atoms with van der Waals surface area (Å²) in [6, 6.07) is 10.5. The molecule has 0 saturated heterocycles. The van der Waals surface area contributed by atoms with E-state index < -0.39 is 0 Å². The van der Waals surface area contributed by atoms with Crippen LogP contribution in [0.1, 0.15) is 43.9 Å². The normalized spacial score (nSPS) is 16.1. The van der Waals surface area contributed by atoms with E-state index in [1.165, 1.54) is 5.56 Å². The van der Waals surface area contributed by atoms with Gasteiger partial charge in [-0.1, -0.05) is 44.2 Å². The van der Waals surface area contributed by atoms with Gasteiger partial charge in [-0.15, -0.1) is 0 Å². The van der Waals surface area contributed by atoms with Crippen LogP contribution >= 0.6 is 0 Å². The van der Waals surface area contributed by atoms with Crippen LogP contribution in [0.3, 0.4) is 0 Å². The zero-order chi connectivity index (χ0) is 16.0. The Morgan fingerprint density at radius 3 is 2.57 bits per heavy atom. The van der Waals surface area contributed by atoms with Crippen LogP contribution in [-0.4, -0.2) is 14.0 Å². The standard InChI is InChI=1S/C19H21N3O/c1-14(2)16-12-21-10-11-22(18(23)17(21)20-16)13-19(8-9-19)15-6-4-3-5-7-15/h3-7,10-12,14H,8-9,13H2,1-2H3. The molecule has 0 unspecified atom stereocenters. The highest BCUT2D eigenvalue weighted by Crippen LogP contribution is 2.49. The Labute approximate surface area is 135 Å². The number of nitrogens with zero attached hydrogens (tertiary/aromatic N) is 3. The maximum Gasteiger partial charge on any atom is 0.294 e. The van der Waals surface area contributed by atoms with E-state index in [1.54, 1.807) is 0 Å². The molecule has 1 aliphatic rings. The minimum absolute atomic E-state index is 0.00149. The van der Waals surface area contributed by atoms with Gasteiger partial charge in [0.05, 0.1) is 5.69 Å². The molecule has 1 aromatic carbocycles. The van der Waals surface area contributed by atoms with E-state index in [4.69, 9.17) is 0 Å². The fourth-order valence-corrected chi connectivity index (χ4v) is 3.24. The summed E-state index contributed by atoms with van der Waals surface area (Å²) in [5.41, 5.74) is 2.94. The number of rotatable bonds is 4. The first-order valence-electron chi connectivity index (χ1n) is 8.23. The second-order valence-electron chi connectivity index (χ2n) is 6.93. The van der Waals surface area contributed by atoms with Crippen molar-refractivity contribution in [3.63, 3.8) is 0 Å². The molecule has 2 aromatic heterocycles. The third kappa shape index (κ3) is 2.38. The van der Waals surface area contributed by atoms with Gasteiger partial charge in [0.2, 0.25) is 5.65 Å². The number of fused-ring (bicyclic) bond motifs is 1. The number of imidazole rings is 1. The molecule has 4 heteroatoms. The predicted octanol–water partition coefficient (Wildman–Crippen LogP) is 3.35. The molecule has 118 valence electrons. The average molecular weight is 307 g/mol. The van der Waals surface area contributed by atoms with Crippen LogP contribution in [0.5, 0.6) is 0 Å². The summed E-state index contributed by atoms with van der Waals surface area (Å²) in [5.74, 6) is 0.321. The van der Waals surface area contributed by atoms with Gasteiger partial charge in [0.1, 0.15) is 0 Å². The van der Waals surface area contributed by atoms with Gasteiger partial charge in [-0.3, -0.25) is 4.79 Å². The van der Waals surface area contributed by atoms with E-state index in [0.29, 0.717) is 11.6 Å². The van der Waals surface area contributed by atoms with Crippen molar-refractivity contribution in [3.8, 4) is 0 Å². The zero-order valence-electron chi connectivity index (χ0n) is 13.6. The molecule has 4 nitrogen and oxygen atoms in total. The van der Waals surface area contributed by atoms with Crippen LogP contribution in [0.25, 0.3) is 5.65 Å². The summed E-state index contributed by atoms with van der Waals surface area (Å²) < 4.78 is 3.67. The Morgan fingerprint density at radius 1 is 1.17 bits per heavy atom. The van der Waals surface area contributed by atoms with Crippen molar-refractivity contribution in [1.82, 2.24) is 14.0 Å². The summed E-state index contributed by atoms with van der Waals surface area (Å²) >= 11 is 0. The van der Waals surface area contributed by atoms with Gasteiger partial charge in [0.25, 0.3) is 5.56 Å². The first-order valence-corrected chi connectivity index (χ1v) is 8.23. The van der Waals surface area contributed by atoms with Gasteiger partial charge in [-0.05, 0) is 24.3 Å². The second kappa shape index (κ2) is 5.08. The first-order chi connectivity index (χ1) is 11.1. The largest absolute Gasteiger partial charge is 0.310 e. The lowest BCUT2D eigenvalue weighted by Crippen LogP contribution is -2.27. The van der Waals surface area contributed by atoms with Crippen molar-refractivity contribution in [2.24, 2.45) is 0 Å². The molecule has 1 fully saturated rings. The van der Waals surface area contributed by atoms with Crippen molar-refractivity contribution < 1.29 is 0 Å². The molecule has 1 saturated carbocycles.